The van der Waals surface area contributed by atoms with Gasteiger partial charge in [0.25, 0.3) is 0 Å². The molecule has 0 aliphatic heterocycles. The van der Waals surface area contributed by atoms with E-state index < -0.39 is 0 Å². The van der Waals surface area contributed by atoms with Crippen molar-refractivity contribution in [1.82, 2.24) is 14.8 Å². The largest absolute Gasteiger partial charge is 0.325 e. The van der Waals surface area contributed by atoms with Gasteiger partial charge in [-0.25, -0.2) is 0 Å². The Kier molecular flexibility index (Phi) is 5.41. The van der Waals surface area contributed by atoms with Crippen LogP contribution in [0.4, 0.5) is 5.69 Å². The average Bonchev–Trinajstić information content (AvgIpc) is 3.36. The summed E-state index contributed by atoms with van der Waals surface area (Å²) < 4.78 is 2.02. The first kappa shape index (κ1) is 17.5. The summed E-state index contributed by atoms with van der Waals surface area (Å²) in [7, 11) is 0. The molecule has 0 unspecified atom stereocenters. The predicted octanol–water partition coefficient (Wildman–Crippen LogP) is 3.60. The average molecular weight is 374 g/mol. The van der Waals surface area contributed by atoms with Gasteiger partial charge in [0, 0.05) is 18.2 Å². The van der Waals surface area contributed by atoms with Gasteiger partial charge in [0.2, 0.25) is 5.91 Å². The third-order valence-corrected chi connectivity index (χ3v) is 4.98. The highest BCUT2D eigenvalue weighted by atomic mass is 35.5. The fraction of sp³-hybridized carbons (Fsp3) is 0.294. The highest BCUT2D eigenvalue weighted by Gasteiger charge is 2.30. The molecule has 1 aromatic heterocycles. The molecule has 1 amide bonds. The van der Waals surface area contributed by atoms with Gasteiger partial charge in [-0.3, -0.25) is 4.79 Å². The van der Waals surface area contributed by atoms with Crippen LogP contribution in [0.2, 0.25) is 5.02 Å². The van der Waals surface area contributed by atoms with Gasteiger partial charge in [-0.2, -0.15) is 5.26 Å². The summed E-state index contributed by atoms with van der Waals surface area (Å²) in [6.07, 6.45) is 4.08. The van der Waals surface area contributed by atoms with Gasteiger partial charge in [0.15, 0.2) is 5.16 Å². The lowest BCUT2D eigenvalue weighted by atomic mass is 10.2. The molecule has 1 saturated carbocycles. The van der Waals surface area contributed by atoms with Crippen molar-refractivity contribution >= 4 is 35.0 Å². The van der Waals surface area contributed by atoms with Crippen molar-refractivity contribution in [2.24, 2.45) is 0 Å². The second-order valence-corrected chi connectivity index (χ2v) is 7.01. The number of rotatable bonds is 7. The Balaban J connectivity index is 1.62. The van der Waals surface area contributed by atoms with Crippen LogP contribution in [0.25, 0.3) is 0 Å². The number of aromatic nitrogens is 3. The molecule has 1 fully saturated rings. The standard InChI is InChI=1S/C17H16ClN5OS/c1-2-7-23-16(11-3-4-11)21-22-17(23)25-10-15(24)20-13-6-5-12(9-19)14(18)8-13/h2,5-6,8,11H,1,3-4,7,10H2,(H,20,24). The van der Waals surface area contributed by atoms with Gasteiger partial charge in [0.05, 0.1) is 16.3 Å². The maximum atomic E-state index is 12.2. The van der Waals surface area contributed by atoms with Crippen LogP contribution in [0, 0.1) is 11.3 Å². The molecule has 8 heteroatoms. The number of halogens is 1. The van der Waals surface area contributed by atoms with Gasteiger partial charge in [0.1, 0.15) is 11.9 Å². The minimum atomic E-state index is -0.174. The second-order valence-electron chi connectivity index (χ2n) is 5.66. The van der Waals surface area contributed by atoms with Crippen molar-refractivity contribution in [2.45, 2.75) is 30.5 Å². The number of amides is 1. The summed E-state index contributed by atoms with van der Waals surface area (Å²) >= 11 is 7.31. The summed E-state index contributed by atoms with van der Waals surface area (Å²) in [5.41, 5.74) is 0.931. The minimum absolute atomic E-state index is 0.174. The van der Waals surface area contributed by atoms with Gasteiger partial charge < -0.3 is 9.88 Å². The molecule has 6 nitrogen and oxygen atoms in total. The molecule has 3 rings (SSSR count). The van der Waals surface area contributed by atoms with Gasteiger partial charge in [-0.05, 0) is 31.0 Å². The van der Waals surface area contributed by atoms with Crippen LogP contribution in [-0.2, 0) is 11.3 Å². The van der Waals surface area contributed by atoms with E-state index in [0.29, 0.717) is 28.7 Å². The Labute approximate surface area is 154 Å². The van der Waals surface area contributed by atoms with E-state index in [2.05, 4.69) is 22.1 Å². The maximum absolute atomic E-state index is 12.2. The van der Waals surface area contributed by atoms with Crippen LogP contribution >= 0.6 is 23.4 Å². The Bertz CT molecular complexity index is 853. The molecule has 0 bridgehead atoms. The highest BCUT2D eigenvalue weighted by Crippen LogP contribution is 2.40. The molecule has 1 aliphatic rings. The summed E-state index contributed by atoms with van der Waals surface area (Å²) in [4.78, 5) is 12.2. The first-order valence-corrected chi connectivity index (χ1v) is 9.15. The van der Waals surface area contributed by atoms with Crippen molar-refractivity contribution in [2.75, 3.05) is 11.1 Å². The van der Waals surface area contributed by atoms with E-state index in [1.54, 1.807) is 24.3 Å². The fourth-order valence-electron chi connectivity index (χ4n) is 2.36. The SMILES string of the molecule is C=CCn1c(SCC(=O)Nc2ccc(C#N)c(Cl)c2)nnc1C1CC1. The van der Waals surface area contributed by atoms with E-state index >= 15 is 0 Å². The number of nitriles is 1. The Morgan fingerprint density at radius 2 is 2.32 bits per heavy atom. The molecule has 0 saturated heterocycles. The number of hydrogen-bond acceptors (Lipinski definition) is 5. The van der Waals surface area contributed by atoms with Crippen LogP contribution in [-0.4, -0.2) is 26.4 Å². The number of anilines is 1. The number of nitrogens with zero attached hydrogens (tertiary/aromatic N) is 4. The van der Waals surface area contributed by atoms with Crippen LogP contribution in [0.3, 0.4) is 0 Å². The number of carbonyl (C=O) groups is 1. The lowest BCUT2D eigenvalue weighted by molar-refractivity contribution is -0.113. The van der Waals surface area contributed by atoms with Crippen molar-refractivity contribution in [3.05, 3.63) is 47.3 Å². The van der Waals surface area contributed by atoms with E-state index in [-0.39, 0.29) is 11.7 Å². The third kappa shape index (κ3) is 4.21. The molecule has 0 spiro atoms. The topological polar surface area (TPSA) is 83.6 Å². The lowest BCUT2D eigenvalue weighted by Gasteiger charge is -2.08. The Morgan fingerprint density at radius 3 is 2.96 bits per heavy atom. The maximum Gasteiger partial charge on any atom is 0.234 e. The third-order valence-electron chi connectivity index (χ3n) is 3.71. The summed E-state index contributed by atoms with van der Waals surface area (Å²) in [5, 5.41) is 21.1. The van der Waals surface area contributed by atoms with Crippen molar-refractivity contribution < 1.29 is 4.79 Å². The first-order chi connectivity index (χ1) is 12.1. The smallest absolute Gasteiger partial charge is 0.234 e. The number of allylic oxidation sites excluding steroid dienone is 1. The van der Waals surface area contributed by atoms with Crippen LogP contribution in [0.15, 0.2) is 36.0 Å². The second kappa shape index (κ2) is 7.72. The number of carbonyl (C=O) groups excluding carboxylic acids is 1. The minimum Gasteiger partial charge on any atom is -0.325 e. The van der Waals surface area contributed by atoms with E-state index in [4.69, 9.17) is 16.9 Å². The molecule has 0 atom stereocenters. The van der Waals surface area contributed by atoms with E-state index in [0.717, 1.165) is 23.8 Å². The molecule has 128 valence electrons. The zero-order chi connectivity index (χ0) is 17.8. The normalized spacial score (nSPS) is 13.3. The van der Waals surface area contributed by atoms with E-state index in [1.165, 1.54) is 11.8 Å². The predicted molar refractivity (Wildman–Crippen MR) is 97.7 cm³/mol. The number of nitrogens with one attached hydrogen (secondary N) is 1. The zero-order valence-corrected chi connectivity index (χ0v) is 15.0. The highest BCUT2D eigenvalue weighted by molar-refractivity contribution is 7.99. The van der Waals surface area contributed by atoms with Gasteiger partial charge in [-0.1, -0.05) is 29.4 Å². The summed E-state index contributed by atoms with van der Waals surface area (Å²) in [6.45, 7) is 4.40. The molecule has 25 heavy (non-hydrogen) atoms. The molecule has 0 radical (unpaired) electrons. The van der Waals surface area contributed by atoms with Crippen LogP contribution in [0.5, 0.6) is 0 Å². The number of thioether (sulfide) groups is 1. The molecular formula is C17H16ClN5OS. The molecular weight excluding hydrogens is 358 g/mol. The van der Waals surface area contributed by atoms with Crippen LogP contribution < -0.4 is 5.32 Å². The summed E-state index contributed by atoms with van der Waals surface area (Å²) in [6, 6.07) is 6.77. The van der Waals surface area contributed by atoms with Crippen molar-refractivity contribution in [3.63, 3.8) is 0 Å². The Morgan fingerprint density at radius 1 is 1.52 bits per heavy atom. The lowest BCUT2D eigenvalue weighted by Crippen LogP contribution is -2.14. The molecule has 1 aromatic carbocycles. The van der Waals surface area contributed by atoms with Crippen molar-refractivity contribution in [1.29, 1.82) is 5.26 Å². The first-order valence-electron chi connectivity index (χ1n) is 7.78. The summed E-state index contributed by atoms with van der Waals surface area (Å²) in [5.74, 6) is 1.49. The van der Waals surface area contributed by atoms with E-state index in [1.807, 2.05) is 10.6 Å². The van der Waals surface area contributed by atoms with Gasteiger partial charge >= 0.3 is 0 Å². The van der Waals surface area contributed by atoms with Crippen LogP contribution in [0.1, 0.15) is 30.1 Å². The fourth-order valence-corrected chi connectivity index (χ4v) is 3.34. The molecule has 1 N–H and O–H groups in total. The number of benzene rings is 1. The molecule has 2 aromatic rings. The molecule has 1 aliphatic carbocycles. The van der Waals surface area contributed by atoms with Gasteiger partial charge in [-0.15, -0.1) is 16.8 Å². The van der Waals surface area contributed by atoms with E-state index in [9.17, 15) is 4.79 Å². The monoisotopic (exact) mass is 373 g/mol. The number of hydrogen-bond donors (Lipinski definition) is 1. The van der Waals surface area contributed by atoms with Crippen molar-refractivity contribution in [3.8, 4) is 6.07 Å². The quantitative estimate of drug-likeness (QED) is 0.592. The molecule has 1 heterocycles. The zero-order valence-electron chi connectivity index (χ0n) is 13.4. The Hall–Kier alpha value is -2.30.